The Hall–Kier alpha value is -1.26. The van der Waals surface area contributed by atoms with Crippen LogP contribution >= 0.6 is 0 Å². The molecule has 17 heavy (non-hydrogen) atoms. The smallest absolute Gasteiger partial charge is 0.325 e. The fraction of sp³-hybridized carbons (Fsp3) is 0.833. The van der Waals surface area contributed by atoms with Gasteiger partial charge in [-0.05, 0) is 25.7 Å². The summed E-state index contributed by atoms with van der Waals surface area (Å²) in [5.74, 6) is -0.191. The summed E-state index contributed by atoms with van der Waals surface area (Å²) in [4.78, 5) is 21.8. The van der Waals surface area contributed by atoms with Gasteiger partial charge in [-0.15, -0.1) is 0 Å². The second-order valence-electron chi connectivity index (χ2n) is 4.75. The van der Waals surface area contributed by atoms with E-state index in [1.807, 2.05) is 0 Å². The Labute approximate surface area is 102 Å². The van der Waals surface area contributed by atoms with E-state index in [1.54, 1.807) is 0 Å². The van der Waals surface area contributed by atoms with Crippen molar-refractivity contribution in [1.29, 1.82) is 0 Å². The minimum absolute atomic E-state index is 0.397. The molecule has 98 valence electrons. The van der Waals surface area contributed by atoms with Gasteiger partial charge in [0.05, 0.1) is 0 Å². The summed E-state index contributed by atoms with van der Waals surface area (Å²) in [7, 11) is 0. The van der Waals surface area contributed by atoms with Crippen molar-refractivity contribution >= 4 is 12.0 Å². The molecule has 0 spiro atoms. The van der Waals surface area contributed by atoms with Gasteiger partial charge in [0.25, 0.3) is 0 Å². The number of rotatable bonds is 6. The Bertz CT molecular complexity index is 262. The lowest BCUT2D eigenvalue weighted by atomic mass is 10.0. The summed E-state index contributed by atoms with van der Waals surface area (Å²) in [6, 6.07) is -1.24. The number of amides is 2. The van der Waals surface area contributed by atoms with Gasteiger partial charge in [0.2, 0.25) is 0 Å². The van der Waals surface area contributed by atoms with Gasteiger partial charge in [0, 0.05) is 6.54 Å². The molecule has 1 saturated carbocycles. The first kappa shape index (κ1) is 13.8. The van der Waals surface area contributed by atoms with Crippen molar-refractivity contribution in [2.24, 2.45) is 5.92 Å². The number of hydrogen-bond donors (Lipinski definition) is 3. The monoisotopic (exact) mass is 242 g/mol. The summed E-state index contributed by atoms with van der Waals surface area (Å²) >= 11 is 0. The van der Waals surface area contributed by atoms with Crippen LogP contribution in [-0.4, -0.2) is 29.7 Å². The molecule has 1 fully saturated rings. The molecule has 1 aliphatic carbocycles. The van der Waals surface area contributed by atoms with Crippen LogP contribution in [-0.2, 0) is 4.79 Å². The molecule has 3 N–H and O–H groups in total. The van der Waals surface area contributed by atoms with E-state index in [0.29, 0.717) is 6.54 Å². The molecule has 0 heterocycles. The van der Waals surface area contributed by atoms with E-state index in [-0.39, 0.29) is 0 Å². The number of carbonyl (C=O) groups excluding carboxylic acids is 1. The van der Waals surface area contributed by atoms with Crippen molar-refractivity contribution in [1.82, 2.24) is 10.6 Å². The van der Waals surface area contributed by atoms with Crippen LogP contribution in [0, 0.1) is 5.92 Å². The third kappa shape index (κ3) is 5.56. The van der Waals surface area contributed by atoms with Crippen LogP contribution in [0.2, 0.25) is 0 Å². The van der Waals surface area contributed by atoms with Gasteiger partial charge in [-0.25, -0.2) is 4.79 Å². The van der Waals surface area contributed by atoms with E-state index >= 15 is 0 Å². The number of nitrogens with one attached hydrogen (secondary N) is 2. The summed E-state index contributed by atoms with van der Waals surface area (Å²) in [5, 5.41) is 13.6. The second-order valence-corrected chi connectivity index (χ2v) is 4.75. The molecule has 0 radical (unpaired) electrons. The number of urea groups is 1. The maximum absolute atomic E-state index is 11.3. The van der Waals surface area contributed by atoms with Crippen molar-refractivity contribution in [3.63, 3.8) is 0 Å². The number of hydrogen-bond acceptors (Lipinski definition) is 2. The first-order valence-electron chi connectivity index (χ1n) is 6.36. The van der Waals surface area contributed by atoms with Gasteiger partial charge in [-0.1, -0.05) is 25.7 Å². The van der Waals surface area contributed by atoms with Gasteiger partial charge >= 0.3 is 12.0 Å². The molecule has 0 saturated heterocycles. The average molecular weight is 242 g/mol. The average Bonchev–Trinajstić information content (AvgIpc) is 2.77. The number of carboxylic acids is 1. The molecule has 5 heteroatoms. The number of carboxylic acid groups (broad SMARTS) is 1. The maximum Gasteiger partial charge on any atom is 0.325 e. The molecule has 0 aromatic heterocycles. The van der Waals surface area contributed by atoms with Crippen LogP contribution in [0.25, 0.3) is 0 Å². The summed E-state index contributed by atoms with van der Waals surface area (Å²) in [6.45, 7) is 2.06. The molecule has 0 aromatic rings. The molecule has 1 aliphatic rings. The molecule has 1 atom stereocenters. The third-order valence-corrected chi connectivity index (χ3v) is 3.27. The molecule has 0 aliphatic heterocycles. The molecule has 5 nitrogen and oxygen atoms in total. The first-order chi connectivity index (χ1) is 8.09. The Morgan fingerprint density at radius 1 is 1.35 bits per heavy atom. The number of aliphatic carboxylic acids is 1. The zero-order valence-corrected chi connectivity index (χ0v) is 10.4. The fourth-order valence-corrected chi connectivity index (χ4v) is 2.20. The van der Waals surface area contributed by atoms with E-state index in [1.165, 1.54) is 32.6 Å². The van der Waals surface area contributed by atoms with Crippen molar-refractivity contribution < 1.29 is 14.7 Å². The highest BCUT2D eigenvalue weighted by molar-refractivity contribution is 5.82. The van der Waals surface area contributed by atoms with Crippen molar-refractivity contribution in [2.45, 2.75) is 51.5 Å². The molecule has 1 unspecified atom stereocenters. The molecule has 0 aromatic carbocycles. The molecular formula is C12H22N2O3. The lowest BCUT2D eigenvalue weighted by Crippen LogP contribution is -2.44. The molecule has 2 amide bonds. The van der Waals surface area contributed by atoms with Crippen LogP contribution < -0.4 is 10.6 Å². The zero-order valence-electron chi connectivity index (χ0n) is 10.4. The van der Waals surface area contributed by atoms with E-state index < -0.39 is 18.0 Å². The predicted octanol–water partition coefficient (Wildman–Crippen LogP) is 1.73. The van der Waals surface area contributed by atoms with Crippen LogP contribution in [0.15, 0.2) is 0 Å². The second kappa shape index (κ2) is 7.14. The SMILES string of the molecule is CC(NC(=O)NCCCC1CCCC1)C(=O)O. The summed E-state index contributed by atoms with van der Waals surface area (Å²) in [5.41, 5.74) is 0. The normalized spacial score (nSPS) is 17.7. The van der Waals surface area contributed by atoms with Crippen LogP contribution in [0.3, 0.4) is 0 Å². The largest absolute Gasteiger partial charge is 0.480 e. The van der Waals surface area contributed by atoms with E-state index in [2.05, 4.69) is 10.6 Å². The van der Waals surface area contributed by atoms with Gasteiger partial charge in [0.1, 0.15) is 6.04 Å². The minimum atomic E-state index is -1.02. The lowest BCUT2D eigenvalue weighted by Gasteiger charge is -2.12. The predicted molar refractivity (Wildman–Crippen MR) is 64.8 cm³/mol. The summed E-state index contributed by atoms with van der Waals surface area (Å²) < 4.78 is 0. The van der Waals surface area contributed by atoms with Crippen molar-refractivity contribution in [3.8, 4) is 0 Å². The van der Waals surface area contributed by atoms with Gasteiger partial charge < -0.3 is 15.7 Å². The zero-order chi connectivity index (χ0) is 12.7. The van der Waals surface area contributed by atoms with Crippen molar-refractivity contribution in [2.75, 3.05) is 6.54 Å². The van der Waals surface area contributed by atoms with Gasteiger partial charge in [-0.2, -0.15) is 0 Å². The van der Waals surface area contributed by atoms with Gasteiger partial charge in [-0.3, -0.25) is 4.79 Å². The number of carbonyl (C=O) groups is 2. The minimum Gasteiger partial charge on any atom is -0.480 e. The Morgan fingerprint density at radius 2 is 2.00 bits per heavy atom. The Kier molecular flexibility index (Phi) is 5.80. The highest BCUT2D eigenvalue weighted by atomic mass is 16.4. The quantitative estimate of drug-likeness (QED) is 0.621. The first-order valence-corrected chi connectivity index (χ1v) is 6.36. The van der Waals surface area contributed by atoms with E-state index in [9.17, 15) is 9.59 Å². The topological polar surface area (TPSA) is 78.4 Å². The van der Waals surface area contributed by atoms with Crippen LogP contribution in [0.4, 0.5) is 4.79 Å². The molecule has 0 bridgehead atoms. The lowest BCUT2D eigenvalue weighted by molar-refractivity contribution is -0.138. The standard InChI is InChI=1S/C12H22N2O3/c1-9(11(15)16)14-12(17)13-8-4-7-10-5-2-3-6-10/h9-10H,2-8H2,1H3,(H,15,16)(H2,13,14,17). The fourth-order valence-electron chi connectivity index (χ4n) is 2.20. The maximum atomic E-state index is 11.3. The third-order valence-electron chi connectivity index (χ3n) is 3.27. The van der Waals surface area contributed by atoms with E-state index in [0.717, 1.165) is 18.8 Å². The van der Waals surface area contributed by atoms with Crippen LogP contribution in [0.5, 0.6) is 0 Å². The highest BCUT2D eigenvalue weighted by Crippen LogP contribution is 2.28. The summed E-state index contributed by atoms with van der Waals surface area (Å²) in [6.07, 6.45) is 7.46. The highest BCUT2D eigenvalue weighted by Gasteiger charge is 2.15. The Morgan fingerprint density at radius 3 is 2.59 bits per heavy atom. The van der Waals surface area contributed by atoms with E-state index in [4.69, 9.17) is 5.11 Å². The van der Waals surface area contributed by atoms with Crippen molar-refractivity contribution in [3.05, 3.63) is 0 Å². The molecular weight excluding hydrogens is 220 g/mol. The Balaban J connectivity index is 2.01. The van der Waals surface area contributed by atoms with Crippen LogP contribution in [0.1, 0.15) is 45.4 Å². The molecule has 1 rings (SSSR count). The van der Waals surface area contributed by atoms with Gasteiger partial charge in [0.15, 0.2) is 0 Å².